The van der Waals surface area contributed by atoms with Crippen molar-refractivity contribution in [3.8, 4) is 0 Å². The summed E-state index contributed by atoms with van der Waals surface area (Å²) in [5.74, 6) is 1.38. The molecule has 0 saturated heterocycles. The largest absolute Gasteiger partial charge is 0.466 e. The number of hydrogen-bond donors (Lipinski definition) is 0. The first-order chi connectivity index (χ1) is 8.91. The number of carbonyl (C=O) groups excluding carboxylic acids is 1. The van der Waals surface area contributed by atoms with Gasteiger partial charge in [-0.25, -0.2) is 0 Å². The van der Waals surface area contributed by atoms with Crippen molar-refractivity contribution in [2.24, 2.45) is 11.8 Å². The van der Waals surface area contributed by atoms with Gasteiger partial charge in [0, 0.05) is 0 Å². The third kappa shape index (κ3) is 4.62. The van der Waals surface area contributed by atoms with Crippen LogP contribution in [0, 0.1) is 11.8 Å². The van der Waals surface area contributed by atoms with Crippen molar-refractivity contribution in [2.75, 3.05) is 6.61 Å². The van der Waals surface area contributed by atoms with E-state index in [4.69, 9.17) is 4.74 Å². The molecule has 3 heteroatoms. The van der Waals surface area contributed by atoms with Crippen LogP contribution in [0.25, 0.3) is 0 Å². The molecule has 19 heavy (non-hydrogen) atoms. The van der Waals surface area contributed by atoms with Crippen molar-refractivity contribution in [3.63, 3.8) is 0 Å². The average Bonchev–Trinajstić information content (AvgIpc) is 2.35. The maximum absolute atomic E-state index is 12.4. The van der Waals surface area contributed by atoms with Crippen LogP contribution < -0.4 is 0 Å². The van der Waals surface area contributed by atoms with E-state index >= 15 is 0 Å². The topological polar surface area (TPSA) is 26.3 Å². The summed E-state index contributed by atoms with van der Waals surface area (Å²) in [5.41, 5.74) is 0.181. The number of ether oxygens (including phenoxy) is 1. The monoisotopic (exact) mass is 284 g/mol. The van der Waals surface area contributed by atoms with Crippen molar-refractivity contribution in [2.45, 2.75) is 77.6 Å². The van der Waals surface area contributed by atoms with Gasteiger partial charge < -0.3 is 4.74 Å². The Kier molecular flexibility index (Phi) is 6.58. The SMILES string of the molecule is CCOC(=O)[C@H]([C@@H](CC)C1CCCCC1)[Si](C)(C)C. The lowest BCUT2D eigenvalue weighted by molar-refractivity contribution is -0.145. The lowest BCUT2D eigenvalue weighted by atomic mass is 9.77. The smallest absolute Gasteiger partial charge is 0.306 e. The zero-order valence-electron chi connectivity index (χ0n) is 13.5. The van der Waals surface area contributed by atoms with Gasteiger partial charge in [0.2, 0.25) is 0 Å². The molecule has 0 heterocycles. The molecule has 0 radical (unpaired) electrons. The van der Waals surface area contributed by atoms with Gasteiger partial charge in [-0.05, 0) is 18.8 Å². The van der Waals surface area contributed by atoms with Gasteiger partial charge in [-0.2, -0.15) is 0 Å². The van der Waals surface area contributed by atoms with Gasteiger partial charge in [0.05, 0.1) is 20.2 Å². The van der Waals surface area contributed by atoms with Crippen LogP contribution in [0.5, 0.6) is 0 Å². The van der Waals surface area contributed by atoms with Gasteiger partial charge in [-0.1, -0.05) is 65.1 Å². The zero-order chi connectivity index (χ0) is 14.5. The minimum Gasteiger partial charge on any atom is -0.466 e. The maximum atomic E-state index is 12.4. The molecule has 0 N–H and O–H groups in total. The first-order valence-electron chi connectivity index (χ1n) is 8.08. The molecule has 112 valence electrons. The lowest BCUT2D eigenvalue weighted by Crippen LogP contribution is -2.42. The van der Waals surface area contributed by atoms with Crippen molar-refractivity contribution in [1.29, 1.82) is 0 Å². The minimum absolute atomic E-state index is 0.0825. The molecule has 1 aliphatic carbocycles. The standard InChI is InChI=1S/C16H32O2Si/c1-6-14(13-11-9-8-10-12-13)15(19(3,4)5)16(17)18-7-2/h13-15H,6-12H2,1-5H3/t14-,15-/m0/s1. The summed E-state index contributed by atoms with van der Waals surface area (Å²) in [6.07, 6.45) is 7.84. The highest BCUT2D eigenvalue weighted by Gasteiger charge is 2.42. The lowest BCUT2D eigenvalue weighted by Gasteiger charge is -2.39. The normalized spacial score (nSPS) is 20.9. The predicted octanol–water partition coefficient (Wildman–Crippen LogP) is 4.86. The molecule has 0 aliphatic heterocycles. The summed E-state index contributed by atoms with van der Waals surface area (Å²) in [5, 5.41) is 0. The first-order valence-corrected chi connectivity index (χ1v) is 11.7. The van der Waals surface area contributed by atoms with Crippen molar-refractivity contribution in [3.05, 3.63) is 0 Å². The van der Waals surface area contributed by atoms with E-state index in [0.29, 0.717) is 12.5 Å². The summed E-state index contributed by atoms with van der Waals surface area (Å²) in [4.78, 5) is 12.4. The van der Waals surface area contributed by atoms with Crippen molar-refractivity contribution in [1.82, 2.24) is 0 Å². The molecular formula is C16H32O2Si. The highest BCUT2D eigenvalue weighted by Crippen LogP contribution is 2.43. The van der Waals surface area contributed by atoms with Gasteiger partial charge in [0.1, 0.15) is 0 Å². The Hall–Kier alpha value is -0.313. The Morgan fingerprint density at radius 1 is 1.16 bits per heavy atom. The molecule has 1 saturated carbocycles. The molecule has 0 aromatic heterocycles. The second-order valence-electron chi connectivity index (χ2n) is 7.07. The van der Waals surface area contributed by atoms with E-state index in [1.165, 1.54) is 32.1 Å². The fourth-order valence-electron chi connectivity index (χ4n) is 3.81. The molecule has 1 fully saturated rings. The molecule has 0 spiro atoms. The van der Waals surface area contributed by atoms with E-state index < -0.39 is 8.07 Å². The Labute approximate surface area is 120 Å². The van der Waals surface area contributed by atoms with Crippen molar-refractivity contribution >= 4 is 14.0 Å². The fourth-order valence-corrected chi connectivity index (χ4v) is 6.39. The molecule has 1 aliphatic rings. The Balaban J connectivity index is 2.88. The number of carbonyl (C=O) groups is 1. The van der Waals surface area contributed by atoms with E-state index in [-0.39, 0.29) is 11.5 Å². The molecule has 0 amide bonds. The highest BCUT2D eigenvalue weighted by molar-refractivity contribution is 6.80. The van der Waals surface area contributed by atoms with Crippen molar-refractivity contribution < 1.29 is 9.53 Å². The second-order valence-corrected chi connectivity index (χ2v) is 12.4. The maximum Gasteiger partial charge on any atom is 0.306 e. The van der Waals surface area contributed by atoms with Crippen LogP contribution in [0.4, 0.5) is 0 Å². The molecule has 0 unspecified atom stereocenters. The van der Waals surface area contributed by atoms with Crippen LogP contribution in [-0.2, 0) is 9.53 Å². The average molecular weight is 285 g/mol. The Bertz CT molecular complexity index is 277. The van der Waals surface area contributed by atoms with E-state index in [0.717, 1.165) is 12.3 Å². The Morgan fingerprint density at radius 2 is 1.74 bits per heavy atom. The number of hydrogen-bond acceptors (Lipinski definition) is 2. The van der Waals surface area contributed by atoms with E-state index in [1.54, 1.807) is 0 Å². The molecule has 2 atom stereocenters. The molecule has 0 aromatic rings. The first kappa shape index (κ1) is 16.7. The molecule has 2 nitrogen and oxygen atoms in total. The number of esters is 1. The van der Waals surface area contributed by atoms with Crippen LogP contribution in [0.3, 0.4) is 0 Å². The summed E-state index contributed by atoms with van der Waals surface area (Å²) < 4.78 is 5.40. The minimum atomic E-state index is -1.53. The summed E-state index contributed by atoms with van der Waals surface area (Å²) in [7, 11) is -1.53. The predicted molar refractivity (Wildman–Crippen MR) is 84.1 cm³/mol. The summed E-state index contributed by atoms with van der Waals surface area (Å²) >= 11 is 0. The molecular weight excluding hydrogens is 252 g/mol. The van der Waals surface area contributed by atoms with Crippen LogP contribution in [0.2, 0.25) is 25.2 Å². The van der Waals surface area contributed by atoms with Gasteiger partial charge in [0.25, 0.3) is 0 Å². The van der Waals surface area contributed by atoms with Crippen LogP contribution in [0.1, 0.15) is 52.4 Å². The molecule has 1 rings (SSSR count). The Morgan fingerprint density at radius 3 is 2.16 bits per heavy atom. The van der Waals surface area contributed by atoms with Gasteiger partial charge in [-0.3, -0.25) is 4.79 Å². The second kappa shape index (κ2) is 7.46. The van der Waals surface area contributed by atoms with E-state index in [2.05, 4.69) is 26.6 Å². The van der Waals surface area contributed by atoms with Crippen LogP contribution in [-0.4, -0.2) is 20.7 Å². The van der Waals surface area contributed by atoms with E-state index in [9.17, 15) is 4.79 Å². The third-order valence-electron chi connectivity index (χ3n) is 4.63. The zero-order valence-corrected chi connectivity index (χ0v) is 14.5. The third-order valence-corrected chi connectivity index (χ3v) is 7.16. The van der Waals surface area contributed by atoms with Crippen LogP contribution in [0.15, 0.2) is 0 Å². The highest BCUT2D eigenvalue weighted by atomic mass is 28.3. The van der Waals surface area contributed by atoms with E-state index in [1.807, 2.05) is 6.92 Å². The summed E-state index contributed by atoms with van der Waals surface area (Å²) in [6, 6.07) is 0. The fraction of sp³-hybridized carbons (Fsp3) is 0.938. The number of rotatable bonds is 6. The van der Waals surface area contributed by atoms with Crippen LogP contribution >= 0.6 is 0 Å². The summed E-state index contributed by atoms with van der Waals surface area (Å²) in [6.45, 7) is 11.6. The van der Waals surface area contributed by atoms with Gasteiger partial charge in [-0.15, -0.1) is 0 Å². The molecule has 0 bridgehead atoms. The van der Waals surface area contributed by atoms with Gasteiger partial charge in [0.15, 0.2) is 0 Å². The quantitative estimate of drug-likeness (QED) is 0.514. The molecule has 0 aromatic carbocycles. The van der Waals surface area contributed by atoms with Gasteiger partial charge >= 0.3 is 5.97 Å².